The largest absolute Gasteiger partial charge is 0.235 e. The fraction of sp³-hybridized carbons (Fsp3) is 0.200. The molecule has 0 unspecified atom stereocenters. The average Bonchev–Trinajstić information content (AvgIpc) is 2.27. The Morgan fingerprint density at radius 2 is 1.72 bits per heavy atom. The zero-order chi connectivity index (χ0) is 13.3. The Hall–Kier alpha value is -1.85. The Kier molecular flexibility index (Phi) is 3.36. The number of aromatic nitrogens is 1. The molecule has 90 valence electrons. The number of nitriles is 1. The number of aryl methyl sites for hydroxylation is 3. The van der Waals surface area contributed by atoms with Gasteiger partial charge in [-0.25, -0.2) is 4.98 Å². The number of rotatable bonds is 1. The maximum absolute atomic E-state index is 8.85. The molecule has 1 heterocycles. The second-order valence-electron chi connectivity index (χ2n) is 4.42. The Labute approximate surface area is 112 Å². The Morgan fingerprint density at radius 3 is 2.22 bits per heavy atom. The van der Waals surface area contributed by atoms with E-state index < -0.39 is 0 Å². The summed E-state index contributed by atoms with van der Waals surface area (Å²) in [5.74, 6) is 0. The van der Waals surface area contributed by atoms with Crippen LogP contribution in [0.2, 0.25) is 5.15 Å². The molecule has 2 nitrogen and oxygen atoms in total. The van der Waals surface area contributed by atoms with E-state index in [1.807, 2.05) is 12.1 Å². The van der Waals surface area contributed by atoms with Crippen molar-refractivity contribution in [2.45, 2.75) is 20.8 Å². The maximum atomic E-state index is 8.85. The molecule has 0 N–H and O–H groups in total. The number of hydrogen-bond acceptors (Lipinski definition) is 2. The highest BCUT2D eigenvalue weighted by atomic mass is 35.5. The van der Waals surface area contributed by atoms with Gasteiger partial charge >= 0.3 is 0 Å². The number of hydrogen-bond donors (Lipinski definition) is 0. The van der Waals surface area contributed by atoms with Gasteiger partial charge in [0, 0.05) is 5.56 Å². The smallest absolute Gasteiger partial charge is 0.147 e. The summed E-state index contributed by atoms with van der Waals surface area (Å²) >= 11 is 5.98. The molecule has 0 spiro atoms. The van der Waals surface area contributed by atoms with Crippen LogP contribution in [0, 0.1) is 32.1 Å². The van der Waals surface area contributed by atoms with Crippen molar-refractivity contribution in [3.63, 3.8) is 0 Å². The lowest BCUT2D eigenvalue weighted by molar-refractivity contribution is 1.25. The van der Waals surface area contributed by atoms with Crippen LogP contribution >= 0.6 is 11.6 Å². The second-order valence-corrected chi connectivity index (χ2v) is 4.78. The van der Waals surface area contributed by atoms with Crippen molar-refractivity contribution in [2.24, 2.45) is 0 Å². The van der Waals surface area contributed by atoms with Crippen LogP contribution in [0.25, 0.3) is 11.3 Å². The molecule has 18 heavy (non-hydrogen) atoms. The molecule has 0 aliphatic heterocycles. The van der Waals surface area contributed by atoms with Gasteiger partial charge in [-0.2, -0.15) is 5.26 Å². The van der Waals surface area contributed by atoms with Gasteiger partial charge in [0.05, 0.1) is 11.3 Å². The van der Waals surface area contributed by atoms with Gasteiger partial charge < -0.3 is 0 Å². The van der Waals surface area contributed by atoms with E-state index in [4.69, 9.17) is 16.9 Å². The van der Waals surface area contributed by atoms with Gasteiger partial charge in [-0.1, -0.05) is 29.3 Å². The third-order valence-corrected chi connectivity index (χ3v) is 3.19. The van der Waals surface area contributed by atoms with Crippen molar-refractivity contribution in [3.05, 3.63) is 51.7 Å². The molecule has 1 aromatic heterocycles. The fourth-order valence-corrected chi connectivity index (χ4v) is 2.44. The normalized spacial score (nSPS) is 10.2. The third kappa shape index (κ3) is 2.23. The van der Waals surface area contributed by atoms with E-state index in [0.29, 0.717) is 5.56 Å². The van der Waals surface area contributed by atoms with Gasteiger partial charge in [-0.3, -0.25) is 0 Å². The molecule has 0 saturated heterocycles. The minimum atomic E-state index is 0.259. The van der Waals surface area contributed by atoms with E-state index in [9.17, 15) is 0 Å². The van der Waals surface area contributed by atoms with E-state index in [0.717, 1.165) is 11.3 Å². The van der Waals surface area contributed by atoms with Crippen molar-refractivity contribution in [1.82, 2.24) is 4.98 Å². The summed E-state index contributed by atoms with van der Waals surface area (Å²) in [5.41, 5.74) is 5.87. The van der Waals surface area contributed by atoms with Gasteiger partial charge in [0.15, 0.2) is 0 Å². The first-order chi connectivity index (χ1) is 8.52. The lowest BCUT2D eigenvalue weighted by atomic mass is 9.97. The molecule has 0 atom stereocenters. The molecule has 0 saturated carbocycles. The van der Waals surface area contributed by atoms with Crippen molar-refractivity contribution in [2.75, 3.05) is 0 Å². The summed E-state index contributed by atoms with van der Waals surface area (Å²) in [6.07, 6.45) is 0. The summed E-state index contributed by atoms with van der Waals surface area (Å²) in [7, 11) is 0. The third-order valence-electron chi connectivity index (χ3n) is 2.90. The SMILES string of the molecule is Cc1cc(C)c(-c2ccc(C#N)c(Cl)n2)c(C)c1. The molecule has 0 radical (unpaired) electrons. The lowest BCUT2D eigenvalue weighted by Crippen LogP contribution is -1.94. The van der Waals surface area contributed by atoms with Gasteiger partial charge in [0.1, 0.15) is 11.2 Å². The Balaban J connectivity index is 2.63. The summed E-state index contributed by atoms with van der Waals surface area (Å²) in [6, 6.07) is 9.81. The van der Waals surface area contributed by atoms with E-state index in [1.54, 1.807) is 6.07 Å². The van der Waals surface area contributed by atoms with Gasteiger partial charge in [0.2, 0.25) is 0 Å². The molecule has 2 aromatic rings. The van der Waals surface area contributed by atoms with E-state index in [-0.39, 0.29) is 5.15 Å². The van der Waals surface area contributed by atoms with Gasteiger partial charge in [-0.05, 0) is 44.0 Å². The second kappa shape index (κ2) is 4.80. The summed E-state index contributed by atoms with van der Waals surface area (Å²) in [5, 5.41) is 9.11. The van der Waals surface area contributed by atoms with Crippen LogP contribution in [0.3, 0.4) is 0 Å². The minimum Gasteiger partial charge on any atom is -0.235 e. The van der Waals surface area contributed by atoms with Crippen molar-refractivity contribution >= 4 is 11.6 Å². The molecular weight excluding hydrogens is 244 g/mol. The van der Waals surface area contributed by atoms with E-state index in [1.165, 1.54) is 16.7 Å². The molecule has 0 aliphatic carbocycles. The number of nitrogens with zero attached hydrogens (tertiary/aromatic N) is 2. The zero-order valence-corrected chi connectivity index (χ0v) is 11.3. The fourth-order valence-electron chi connectivity index (χ4n) is 2.24. The lowest BCUT2D eigenvalue weighted by Gasteiger charge is -2.11. The molecule has 0 bridgehead atoms. The van der Waals surface area contributed by atoms with Crippen LogP contribution in [0.4, 0.5) is 0 Å². The van der Waals surface area contributed by atoms with Crippen LogP contribution in [0.15, 0.2) is 24.3 Å². The number of pyridine rings is 1. The average molecular weight is 257 g/mol. The first-order valence-corrected chi connectivity index (χ1v) is 6.05. The zero-order valence-electron chi connectivity index (χ0n) is 10.6. The molecule has 0 fully saturated rings. The van der Waals surface area contributed by atoms with E-state index in [2.05, 4.69) is 37.9 Å². The molecule has 3 heteroatoms. The standard InChI is InChI=1S/C15H13ClN2/c1-9-6-10(2)14(11(3)7-9)13-5-4-12(8-17)15(16)18-13/h4-7H,1-3H3. The highest BCUT2D eigenvalue weighted by Crippen LogP contribution is 2.28. The Bertz CT molecular complexity index is 631. The molecule has 2 rings (SSSR count). The monoisotopic (exact) mass is 256 g/mol. The highest BCUT2D eigenvalue weighted by molar-refractivity contribution is 6.30. The first kappa shape index (κ1) is 12.6. The molecule has 1 aromatic carbocycles. The maximum Gasteiger partial charge on any atom is 0.147 e. The van der Waals surface area contributed by atoms with Crippen LogP contribution in [-0.4, -0.2) is 4.98 Å². The first-order valence-electron chi connectivity index (χ1n) is 5.68. The molecule has 0 aliphatic rings. The summed E-state index contributed by atoms with van der Waals surface area (Å²) in [4.78, 5) is 4.31. The topological polar surface area (TPSA) is 36.7 Å². The van der Waals surface area contributed by atoms with E-state index >= 15 is 0 Å². The van der Waals surface area contributed by atoms with Crippen LogP contribution in [0.1, 0.15) is 22.3 Å². The van der Waals surface area contributed by atoms with Crippen molar-refractivity contribution < 1.29 is 0 Å². The predicted molar refractivity (Wildman–Crippen MR) is 73.6 cm³/mol. The van der Waals surface area contributed by atoms with Gasteiger partial charge in [-0.15, -0.1) is 0 Å². The minimum absolute atomic E-state index is 0.259. The predicted octanol–water partition coefficient (Wildman–Crippen LogP) is 4.20. The molecular formula is C15H13ClN2. The van der Waals surface area contributed by atoms with Gasteiger partial charge in [0.25, 0.3) is 0 Å². The summed E-state index contributed by atoms with van der Waals surface area (Å²) < 4.78 is 0. The number of benzene rings is 1. The van der Waals surface area contributed by atoms with Crippen molar-refractivity contribution in [1.29, 1.82) is 5.26 Å². The Morgan fingerprint density at radius 1 is 1.11 bits per heavy atom. The summed E-state index contributed by atoms with van der Waals surface area (Å²) in [6.45, 7) is 6.19. The quantitative estimate of drug-likeness (QED) is 0.717. The van der Waals surface area contributed by atoms with Crippen molar-refractivity contribution in [3.8, 4) is 17.3 Å². The van der Waals surface area contributed by atoms with Crippen LogP contribution < -0.4 is 0 Å². The van der Waals surface area contributed by atoms with Crippen LogP contribution in [-0.2, 0) is 0 Å². The molecule has 0 amide bonds. The van der Waals surface area contributed by atoms with Crippen LogP contribution in [0.5, 0.6) is 0 Å². The number of halogens is 1. The highest BCUT2D eigenvalue weighted by Gasteiger charge is 2.10.